The molecule has 0 unspecified atom stereocenters. The summed E-state index contributed by atoms with van der Waals surface area (Å²) in [6.07, 6.45) is 1.93. The van der Waals surface area contributed by atoms with E-state index in [9.17, 15) is 0 Å². The highest BCUT2D eigenvalue weighted by Gasteiger charge is 2.26. The normalized spacial score (nSPS) is 13.2. The van der Waals surface area contributed by atoms with Gasteiger partial charge in [0.25, 0.3) is 0 Å². The molecule has 3 aromatic rings. The van der Waals surface area contributed by atoms with Gasteiger partial charge in [0, 0.05) is 30.4 Å². The van der Waals surface area contributed by atoms with E-state index in [1.54, 1.807) is 4.68 Å². The number of para-hydroxylation sites is 2. The van der Waals surface area contributed by atoms with Gasteiger partial charge in [-0.3, -0.25) is 4.68 Å². The van der Waals surface area contributed by atoms with Gasteiger partial charge >= 0.3 is 0 Å². The van der Waals surface area contributed by atoms with Crippen molar-refractivity contribution in [1.82, 2.24) is 9.78 Å². The smallest absolute Gasteiger partial charge is 0.148 e. The molecule has 0 saturated heterocycles. The number of aryl methyl sites for hydroxylation is 1. The zero-order chi connectivity index (χ0) is 14.2. The molecule has 0 saturated carbocycles. The fourth-order valence-electron chi connectivity index (χ4n) is 2.71. The molecule has 1 aliphatic heterocycles. The Labute approximate surface area is 123 Å². The summed E-state index contributed by atoms with van der Waals surface area (Å²) in [7, 11) is 1.91. The number of nitrogens with one attached hydrogen (secondary N) is 1. The number of benzene rings is 2. The van der Waals surface area contributed by atoms with E-state index in [-0.39, 0.29) is 6.04 Å². The molecule has 0 fully saturated rings. The van der Waals surface area contributed by atoms with Crippen molar-refractivity contribution in [2.45, 2.75) is 6.04 Å². The lowest BCUT2D eigenvalue weighted by Gasteiger charge is -2.28. The van der Waals surface area contributed by atoms with E-state index in [0.717, 1.165) is 28.4 Å². The molecule has 21 heavy (non-hydrogen) atoms. The second kappa shape index (κ2) is 4.66. The first kappa shape index (κ1) is 12.0. The molecule has 4 rings (SSSR count). The van der Waals surface area contributed by atoms with Crippen molar-refractivity contribution >= 4 is 5.82 Å². The van der Waals surface area contributed by atoms with Crippen LogP contribution < -0.4 is 10.1 Å². The van der Waals surface area contributed by atoms with Crippen molar-refractivity contribution < 1.29 is 4.74 Å². The molecule has 0 radical (unpaired) electrons. The van der Waals surface area contributed by atoms with Crippen LogP contribution in [0.15, 0.2) is 60.8 Å². The molecule has 1 aliphatic rings. The molecule has 2 aromatic carbocycles. The molecule has 1 aromatic heterocycles. The third kappa shape index (κ3) is 2.05. The Hall–Kier alpha value is -2.75. The maximum atomic E-state index is 5.98. The van der Waals surface area contributed by atoms with E-state index >= 15 is 0 Å². The fraction of sp³-hybridized carbons (Fsp3) is 0.118. The van der Waals surface area contributed by atoms with E-state index in [1.807, 2.05) is 55.7 Å². The first-order valence-electron chi connectivity index (χ1n) is 6.93. The summed E-state index contributed by atoms with van der Waals surface area (Å²) in [5.74, 6) is 2.64. The second-order valence-corrected chi connectivity index (χ2v) is 5.13. The Morgan fingerprint density at radius 3 is 2.14 bits per heavy atom. The van der Waals surface area contributed by atoms with Gasteiger partial charge in [0.05, 0.1) is 6.04 Å². The maximum Gasteiger partial charge on any atom is 0.148 e. The summed E-state index contributed by atoms with van der Waals surface area (Å²) in [5, 5.41) is 7.92. The van der Waals surface area contributed by atoms with Crippen LogP contribution in [-0.2, 0) is 7.05 Å². The topological polar surface area (TPSA) is 39.1 Å². The van der Waals surface area contributed by atoms with E-state index < -0.39 is 0 Å². The lowest BCUT2D eigenvalue weighted by atomic mass is 9.94. The summed E-state index contributed by atoms with van der Waals surface area (Å²) < 4.78 is 7.78. The van der Waals surface area contributed by atoms with Crippen molar-refractivity contribution in [3.63, 3.8) is 0 Å². The van der Waals surface area contributed by atoms with Gasteiger partial charge in [-0.05, 0) is 12.1 Å². The number of hydrogen-bond donors (Lipinski definition) is 1. The Bertz CT molecular complexity index is 748. The molecule has 0 bridgehead atoms. The second-order valence-electron chi connectivity index (χ2n) is 5.13. The molecule has 0 amide bonds. The van der Waals surface area contributed by atoms with Crippen LogP contribution in [0.3, 0.4) is 0 Å². The first-order valence-corrected chi connectivity index (χ1v) is 6.93. The predicted octanol–water partition coefficient (Wildman–Crippen LogP) is 3.73. The molecule has 4 nitrogen and oxygen atoms in total. The molecular weight excluding hydrogens is 262 g/mol. The van der Waals surface area contributed by atoms with Crippen molar-refractivity contribution in [2.24, 2.45) is 7.05 Å². The number of fused-ring (bicyclic) bond motifs is 2. The van der Waals surface area contributed by atoms with E-state index in [4.69, 9.17) is 4.74 Å². The summed E-state index contributed by atoms with van der Waals surface area (Å²) in [6.45, 7) is 0. The SMILES string of the molecule is Cn1ccc(NC2c3ccccc3Oc3ccccc32)n1. The molecule has 0 spiro atoms. The van der Waals surface area contributed by atoms with Crippen LogP contribution in [0.1, 0.15) is 17.2 Å². The zero-order valence-electron chi connectivity index (χ0n) is 11.7. The third-order valence-electron chi connectivity index (χ3n) is 3.69. The summed E-state index contributed by atoms with van der Waals surface area (Å²) in [6, 6.07) is 18.2. The zero-order valence-corrected chi connectivity index (χ0v) is 11.7. The molecule has 0 atom stereocenters. The molecular formula is C17H15N3O. The number of nitrogens with zero attached hydrogens (tertiary/aromatic N) is 2. The van der Waals surface area contributed by atoms with Crippen molar-refractivity contribution in [2.75, 3.05) is 5.32 Å². The Morgan fingerprint density at radius 1 is 0.952 bits per heavy atom. The van der Waals surface area contributed by atoms with Gasteiger partial charge in [-0.25, -0.2) is 0 Å². The Morgan fingerprint density at radius 2 is 1.57 bits per heavy atom. The minimum atomic E-state index is 0.0426. The van der Waals surface area contributed by atoms with Crippen LogP contribution in [0.4, 0.5) is 5.82 Å². The molecule has 2 heterocycles. The van der Waals surface area contributed by atoms with Crippen LogP contribution in [0.25, 0.3) is 0 Å². The average molecular weight is 277 g/mol. The summed E-state index contributed by atoms with van der Waals surface area (Å²) >= 11 is 0. The van der Waals surface area contributed by atoms with Crippen LogP contribution in [-0.4, -0.2) is 9.78 Å². The largest absolute Gasteiger partial charge is 0.457 e. The molecule has 1 N–H and O–H groups in total. The minimum absolute atomic E-state index is 0.0426. The summed E-state index contributed by atoms with van der Waals surface area (Å²) in [5.41, 5.74) is 2.25. The van der Waals surface area contributed by atoms with Crippen LogP contribution >= 0.6 is 0 Å². The standard InChI is InChI=1S/C17H15N3O/c1-20-11-10-16(19-20)18-17-12-6-2-4-8-14(12)21-15-9-5-3-7-13(15)17/h2-11,17H,1H3,(H,18,19). The Kier molecular flexibility index (Phi) is 2.67. The van der Waals surface area contributed by atoms with Crippen molar-refractivity contribution in [3.05, 3.63) is 71.9 Å². The highest BCUT2D eigenvalue weighted by molar-refractivity contribution is 5.57. The fourth-order valence-corrected chi connectivity index (χ4v) is 2.71. The van der Waals surface area contributed by atoms with Gasteiger partial charge in [-0.15, -0.1) is 0 Å². The number of hydrogen-bond acceptors (Lipinski definition) is 3. The van der Waals surface area contributed by atoms with Crippen molar-refractivity contribution in [3.8, 4) is 11.5 Å². The predicted molar refractivity (Wildman–Crippen MR) is 81.6 cm³/mol. The molecule has 0 aliphatic carbocycles. The van der Waals surface area contributed by atoms with E-state index in [1.165, 1.54) is 0 Å². The van der Waals surface area contributed by atoms with Gasteiger partial charge in [0.15, 0.2) is 0 Å². The van der Waals surface area contributed by atoms with Gasteiger partial charge in [0.1, 0.15) is 17.3 Å². The monoisotopic (exact) mass is 277 g/mol. The highest BCUT2D eigenvalue weighted by Crippen LogP contribution is 2.43. The molecule has 104 valence electrons. The highest BCUT2D eigenvalue weighted by atomic mass is 16.5. The van der Waals surface area contributed by atoms with Crippen LogP contribution in [0.5, 0.6) is 11.5 Å². The maximum absolute atomic E-state index is 5.98. The van der Waals surface area contributed by atoms with Gasteiger partial charge in [-0.1, -0.05) is 36.4 Å². The average Bonchev–Trinajstić information content (AvgIpc) is 2.92. The van der Waals surface area contributed by atoms with Crippen LogP contribution in [0.2, 0.25) is 0 Å². The number of ether oxygens (including phenoxy) is 1. The van der Waals surface area contributed by atoms with Crippen LogP contribution in [0, 0.1) is 0 Å². The number of rotatable bonds is 2. The van der Waals surface area contributed by atoms with E-state index in [0.29, 0.717) is 0 Å². The van der Waals surface area contributed by atoms with Gasteiger partial charge in [0.2, 0.25) is 0 Å². The lowest BCUT2D eigenvalue weighted by molar-refractivity contribution is 0.451. The van der Waals surface area contributed by atoms with Gasteiger partial charge < -0.3 is 10.1 Å². The van der Waals surface area contributed by atoms with E-state index in [2.05, 4.69) is 22.5 Å². The quantitative estimate of drug-likeness (QED) is 0.775. The number of anilines is 1. The Balaban J connectivity index is 1.81. The molecule has 4 heteroatoms. The van der Waals surface area contributed by atoms with Crippen molar-refractivity contribution in [1.29, 1.82) is 0 Å². The number of aromatic nitrogens is 2. The summed E-state index contributed by atoms with van der Waals surface area (Å²) in [4.78, 5) is 0. The minimum Gasteiger partial charge on any atom is -0.457 e. The third-order valence-corrected chi connectivity index (χ3v) is 3.69. The first-order chi connectivity index (χ1) is 10.3. The van der Waals surface area contributed by atoms with Gasteiger partial charge in [-0.2, -0.15) is 5.10 Å². The lowest BCUT2D eigenvalue weighted by Crippen LogP contribution is -2.18.